The highest BCUT2D eigenvalue weighted by molar-refractivity contribution is 5.78. The van der Waals surface area contributed by atoms with Crippen molar-refractivity contribution in [3.05, 3.63) is 29.3 Å². The minimum atomic E-state index is 0.0665. The quantitative estimate of drug-likeness (QED) is 0.774. The van der Waals surface area contributed by atoms with Crippen LogP contribution in [0.4, 0.5) is 0 Å². The zero-order valence-corrected chi connectivity index (χ0v) is 12.1. The molecular formula is C16H21NO2. The van der Waals surface area contributed by atoms with Gasteiger partial charge in [0.25, 0.3) is 0 Å². The first-order chi connectivity index (χ1) is 9.00. The number of rotatable bonds is 1. The Kier molecular flexibility index (Phi) is 2.82. The standard InChI is InChI=1S/C16H21NO2/c1-16(2)7-11-8-17(3)9-12-13(18-4)5-6-14(15(11)12)19-10-16/h5-7H,8-10H2,1-4H3. The lowest BCUT2D eigenvalue weighted by Crippen LogP contribution is -2.26. The van der Waals surface area contributed by atoms with Gasteiger partial charge in [-0.2, -0.15) is 0 Å². The van der Waals surface area contributed by atoms with E-state index in [1.807, 2.05) is 12.1 Å². The monoisotopic (exact) mass is 259 g/mol. The van der Waals surface area contributed by atoms with Crippen LogP contribution in [0.3, 0.4) is 0 Å². The van der Waals surface area contributed by atoms with E-state index in [9.17, 15) is 0 Å². The fraction of sp³-hybridized carbons (Fsp3) is 0.500. The molecule has 19 heavy (non-hydrogen) atoms. The summed E-state index contributed by atoms with van der Waals surface area (Å²) in [6, 6.07) is 4.06. The van der Waals surface area contributed by atoms with Gasteiger partial charge in [0.05, 0.1) is 13.7 Å². The van der Waals surface area contributed by atoms with Gasteiger partial charge < -0.3 is 9.47 Å². The molecule has 2 aliphatic rings. The van der Waals surface area contributed by atoms with Crippen molar-refractivity contribution in [1.82, 2.24) is 4.90 Å². The molecule has 2 heterocycles. The molecule has 0 bridgehead atoms. The van der Waals surface area contributed by atoms with Gasteiger partial charge in [-0.1, -0.05) is 19.9 Å². The van der Waals surface area contributed by atoms with E-state index in [1.165, 1.54) is 16.7 Å². The Morgan fingerprint density at radius 1 is 1.26 bits per heavy atom. The van der Waals surface area contributed by atoms with Gasteiger partial charge in [0, 0.05) is 29.6 Å². The van der Waals surface area contributed by atoms with Crippen LogP contribution in [-0.4, -0.2) is 32.2 Å². The van der Waals surface area contributed by atoms with Gasteiger partial charge in [0.15, 0.2) is 0 Å². The lowest BCUT2D eigenvalue weighted by atomic mass is 9.87. The van der Waals surface area contributed by atoms with Crippen LogP contribution in [0.2, 0.25) is 0 Å². The summed E-state index contributed by atoms with van der Waals surface area (Å²) in [5.41, 5.74) is 3.93. The van der Waals surface area contributed by atoms with Crippen molar-refractivity contribution in [2.45, 2.75) is 20.4 Å². The molecule has 0 aromatic heterocycles. The Morgan fingerprint density at radius 2 is 2.05 bits per heavy atom. The molecule has 0 atom stereocenters. The Bertz CT molecular complexity index is 546. The summed E-state index contributed by atoms with van der Waals surface area (Å²) in [6.07, 6.45) is 2.36. The first-order valence-electron chi connectivity index (χ1n) is 6.73. The van der Waals surface area contributed by atoms with Gasteiger partial charge in [-0.25, -0.2) is 0 Å². The number of hydrogen-bond acceptors (Lipinski definition) is 3. The van der Waals surface area contributed by atoms with Crippen LogP contribution in [0.1, 0.15) is 25.0 Å². The Labute approximate surface area is 114 Å². The maximum absolute atomic E-state index is 6.02. The molecule has 0 amide bonds. The molecule has 0 saturated heterocycles. The van der Waals surface area contributed by atoms with E-state index in [0.717, 1.165) is 31.2 Å². The van der Waals surface area contributed by atoms with Gasteiger partial charge in [0.2, 0.25) is 0 Å². The lowest BCUT2D eigenvalue weighted by Gasteiger charge is -2.29. The molecule has 3 heteroatoms. The fourth-order valence-corrected chi connectivity index (χ4v) is 3.02. The highest BCUT2D eigenvalue weighted by atomic mass is 16.5. The first kappa shape index (κ1) is 12.5. The minimum Gasteiger partial charge on any atom is -0.496 e. The second-order valence-electron chi connectivity index (χ2n) is 6.24. The number of hydrogen-bond donors (Lipinski definition) is 0. The molecule has 102 valence electrons. The molecule has 1 aromatic rings. The van der Waals surface area contributed by atoms with Crippen LogP contribution in [0.15, 0.2) is 18.2 Å². The van der Waals surface area contributed by atoms with Gasteiger partial charge in [-0.3, -0.25) is 4.90 Å². The molecule has 2 aliphatic heterocycles. The van der Waals surface area contributed by atoms with E-state index in [-0.39, 0.29) is 5.41 Å². The molecule has 1 aromatic carbocycles. The number of likely N-dealkylation sites (N-methyl/N-ethyl adjacent to an activating group) is 1. The number of benzene rings is 1. The fourth-order valence-electron chi connectivity index (χ4n) is 3.02. The van der Waals surface area contributed by atoms with Crippen molar-refractivity contribution in [3.63, 3.8) is 0 Å². The van der Waals surface area contributed by atoms with Crippen LogP contribution in [-0.2, 0) is 6.54 Å². The van der Waals surface area contributed by atoms with E-state index in [2.05, 4.69) is 31.9 Å². The van der Waals surface area contributed by atoms with Crippen LogP contribution in [0.25, 0.3) is 5.57 Å². The topological polar surface area (TPSA) is 21.7 Å². The largest absolute Gasteiger partial charge is 0.496 e. The van der Waals surface area contributed by atoms with Crippen molar-refractivity contribution in [1.29, 1.82) is 0 Å². The SMILES string of the molecule is COc1ccc2c3c1CN(C)CC3=CC(C)(C)CO2. The molecule has 0 unspecified atom stereocenters. The summed E-state index contributed by atoms with van der Waals surface area (Å²) in [4.78, 5) is 2.32. The zero-order chi connectivity index (χ0) is 13.6. The Hall–Kier alpha value is -1.48. The lowest BCUT2D eigenvalue weighted by molar-refractivity contribution is 0.224. The van der Waals surface area contributed by atoms with E-state index in [1.54, 1.807) is 7.11 Å². The third kappa shape index (κ3) is 2.12. The number of ether oxygens (including phenoxy) is 2. The van der Waals surface area contributed by atoms with Crippen molar-refractivity contribution >= 4 is 5.57 Å². The molecule has 0 aliphatic carbocycles. The second-order valence-corrected chi connectivity index (χ2v) is 6.24. The molecule has 3 rings (SSSR count). The second kappa shape index (κ2) is 4.27. The van der Waals surface area contributed by atoms with Crippen molar-refractivity contribution in [2.24, 2.45) is 5.41 Å². The first-order valence-corrected chi connectivity index (χ1v) is 6.73. The summed E-state index contributed by atoms with van der Waals surface area (Å²) >= 11 is 0. The van der Waals surface area contributed by atoms with E-state index in [0.29, 0.717) is 0 Å². The molecule has 0 spiro atoms. The van der Waals surface area contributed by atoms with Crippen molar-refractivity contribution in [3.8, 4) is 11.5 Å². The van der Waals surface area contributed by atoms with Crippen LogP contribution < -0.4 is 9.47 Å². The van der Waals surface area contributed by atoms with Gasteiger partial charge in [0.1, 0.15) is 11.5 Å². The molecule has 0 fully saturated rings. The average Bonchev–Trinajstić information content (AvgIpc) is 2.47. The smallest absolute Gasteiger partial charge is 0.127 e. The normalized spacial score (nSPS) is 20.9. The summed E-state index contributed by atoms with van der Waals surface area (Å²) in [5.74, 6) is 1.96. The summed E-state index contributed by atoms with van der Waals surface area (Å²) < 4.78 is 11.5. The maximum atomic E-state index is 6.02. The van der Waals surface area contributed by atoms with Gasteiger partial charge in [-0.05, 0) is 24.8 Å². The maximum Gasteiger partial charge on any atom is 0.127 e. The molecule has 0 radical (unpaired) electrons. The molecule has 0 N–H and O–H groups in total. The number of methoxy groups -OCH3 is 1. The third-order valence-corrected chi connectivity index (χ3v) is 3.81. The molecule has 0 saturated carbocycles. The Balaban J connectivity index is 2.23. The highest BCUT2D eigenvalue weighted by Crippen LogP contribution is 2.43. The number of nitrogens with zero attached hydrogens (tertiary/aromatic N) is 1. The van der Waals surface area contributed by atoms with E-state index in [4.69, 9.17) is 9.47 Å². The Morgan fingerprint density at radius 3 is 2.79 bits per heavy atom. The predicted molar refractivity (Wildman–Crippen MR) is 76.6 cm³/mol. The third-order valence-electron chi connectivity index (χ3n) is 3.81. The van der Waals surface area contributed by atoms with E-state index < -0.39 is 0 Å². The summed E-state index contributed by atoms with van der Waals surface area (Å²) in [6.45, 7) is 7.04. The minimum absolute atomic E-state index is 0.0665. The molecule has 3 nitrogen and oxygen atoms in total. The van der Waals surface area contributed by atoms with E-state index >= 15 is 0 Å². The summed E-state index contributed by atoms with van der Waals surface area (Å²) in [7, 11) is 3.88. The van der Waals surface area contributed by atoms with Crippen molar-refractivity contribution < 1.29 is 9.47 Å². The van der Waals surface area contributed by atoms with Crippen LogP contribution in [0.5, 0.6) is 11.5 Å². The zero-order valence-electron chi connectivity index (χ0n) is 12.1. The predicted octanol–water partition coefficient (Wildman–Crippen LogP) is 2.94. The van der Waals surface area contributed by atoms with Crippen molar-refractivity contribution in [2.75, 3.05) is 27.3 Å². The highest BCUT2D eigenvalue weighted by Gasteiger charge is 2.30. The summed E-state index contributed by atoms with van der Waals surface area (Å²) in [5, 5.41) is 0. The van der Waals surface area contributed by atoms with Gasteiger partial charge in [-0.15, -0.1) is 0 Å². The van der Waals surface area contributed by atoms with Crippen LogP contribution in [0, 0.1) is 5.41 Å². The van der Waals surface area contributed by atoms with Crippen LogP contribution >= 0.6 is 0 Å². The average molecular weight is 259 g/mol. The molecular weight excluding hydrogens is 238 g/mol. The van der Waals surface area contributed by atoms with Gasteiger partial charge >= 0.3 is 0 Å².